The minimum Gasteiger partial charge on any atom is -0.323 e. The molecule has 3 heterocycles. The standard InChI is InChI=1S/C16H21N7O/c1-3-21-10-14(7-18-21)11-23-12-15(8-19-23)20-16(24)4-5-22-9-13(2)6-17-22/h6-10,12H,3-5,11H2,1-2H3,(H,20,24). The number of nitrogens with one attached hydrogen (secondary N) is 1. The summed E-state index contributed by atoms with van der Waals surface area (Å²) >= 11 is 0. The third-order valence-electron chi connectivity index (χ3n) is 3.60. The van der Waals surface area contributed by atoms with Gasteiger partial charge in [-0.15, -0.1) is 0 Å². The predicted molar refractivity (Wildman–Crippen MR) is 89.4 cm³/mol. The molecule has 0 saturated carbocycles. The lowest BCUT2D eigenvalue weighted by molar-refractivity contribution is -0.116. The van der Waals surface area contributed by atoms with E-state index < -0.39 is 0 Å². The molecule has 126 valence electrons. The number of amides is 1. The summed E-state index contributed by atoms with van der Waals surface area (Å²) in [5, 5.41) is 15.5. The first-order chi connectivity index (χ1) is 11.6. The van der Waals surface area contributed by atoms with E-state index in [1.165, 1.54) is 0 Å². The van der Waals surface area contributed by atoms with Gasteiger partial charge in [-0.3, -0.25) is 18.8 Å². The van der Waals surface area contributed by atoms with Crippen molar-refractivity contribution >= 4 is 11.6 Å². The van der Waals surface area contributed by atoms with Crippen molar-refractivity contribution in [3.8, 4) is 0 Å². The van der Waals surface area contributed by atoms with Crippen LogP contribution in [0.25, 0.3) is 0 Å². The van der Waals surface area contributed by atoms with Crippen LogP contribution in [0.2, 0.25) is 0 Å². The van der Waals surface area contributed by atoms with Gasteiger partial charge in [-0.05, 0) is 19.4 Å². The van der Waals surface area contributed by atoms with Gasteiger partial charge in [0.25, 0.3) is 0 Å². The molecule has 0 fully saturated rings. The van der Waals surface area contributed by atoms with E-state index in [0.29, 0.717) is 25.2 Å². The predicted octanol–water partition coefficient (Wildman–Crippen LogP) is 1.68. The zero-order valence-corrected chi connectivity index (χ0v) is 13.9. The summed E-state index contributed by atoms with van der Waals surface area (Å²) in [5.74, 6) is -0.0542. The number of hydrogen-bond donors (Lipinski definition) is 1. The lowest BCUT2D eigenvalue weighted by atomic mass is 10.3. The molecule has 0 aliphatic carbocycles. The second kappa shape index (κ2) is 7.12. The summed E-state index contributed by atoms with van der Waals surface area (Å²) in [5.41, 5.74) is 2.86. The first kappa shape index (κ1) is 16.0. The van der Waals surface area contributed by atoms with Crippen LogP contribution in [-0.2, 0) is 24.4 Å². The number of anilines is 1. The molecule has 0 spiro atoms. The van der Waals surface area contributed by atoms with Gasteiger partial charge in [-0.1, -0.05) is 0 Å². The molecule has 0 aromatic carbocycles. The van der Waals surface area contributed by atoms with Crippen LogP contribution in [0.5, 0.6) is 0 Å². The summed E-state index contributed by atoms with van der Waals surface area (Å²) in [4.78, 5) is 12.0. The Labute approximate surface area is 140 Å². The summed E-state index contributed by atoms with van der Waals surface area (Å²) < 4.78 is 5.42. The Morgan fingerprint density at radius 3 is 2.54 bits per heavy atom. The molecule has 0 saturated heterocycles. The number of rotatable bonds is 7. The molecule has 3 rings (SSSR count). The second-order valence-corrected chi connectivity index (χ2v) is 5.71. The molecule has 0 aliphatic rings. The van der Waals surface area contributed by atoms with E-state index >= 15 is 0 Å². The fourth-order valence-corrected chi connectivity index (χ4v) is 2.39. The Kier molecular flexibility index (Phi) is 4.74. The average Bonchev–Trinajstić information content (AvgIpc) is 3.28. The van der Waals surface area contributed by atoms with Crippen molar-refractivity contribution in [3.63, 3.8) is 0 Å². The van der Waals surface area contributed by atoms with Gasteiger partial charge in [0, 0.05) is 43.7 Å². The van der Waals surface area contributed by atoms with E-state index in [4.69, 9.17) is 0 Å². The lowest BCUT2D eigenvalue weighted by Crippen LogP contribution is -2.14. The van der Waals surface area contributed by atoms with Gasteiger partial charge in [0.2, 0.25) is 5.91 Å². The molecule has 24 heavy (non-hydrogen) atoms. The van der Waals surface area contributed by atoms with Crippen molar-refractivity contribution in [2.45, 2.75) is 39.9 Å². The Balaban J connectivity index is 1.50. The second-order valence-electron chi connectivity index (χ2n) is 5.71. The molecule has 0 atom stereocenters. The number of aromatic nitrogens is 6. The monoisotopic (exact) mass is 327 g/mol. The minimum absolute atomic E-state index is 0.0542. The highest BCUT2D eigenvalue weighted by Gasteiger charge is 2.06. The van der Waals surface area contributed by atoms with E-state index in [9.17, 15) is 4.79 Å². The number of hydrogen-bond acceptors (Lipinski definition) is 4. The van der Waals surface area contributed by atoms with Crippen LogP contribution in [-0.4, -0.2) is 35.2 Å². The van der Waals surface area contributed by atoms with Crippen molar-refractivity contribution < 1.29 is 4.79 Å². The van der Waals surface area contributed by atoms with Crippen molar-refractivity contribution in [3.05, 3.63) is 48.3 Å². The molecule has 1 N–H and O–H groups in total. The molecular formula is C16H21N7O. The Bertz CT molecular complexity index is 814. The molecule has 0 radical (unpaired) electrons. The van der Waals surface area contributed by atoms with E-state index in [0.717, 1.165) is 17.7 Å². The molecular weight excluding hydrogens is 306 g/mol. The summed E-state index contributed by atoms with van der Waals surface area (Å²) in [6.07, 6.45) is 11.4. The molecule has 1 amide bonds. The first-order valence-corrected chi connectivity index (χ1v) is 7.95. The highest BCUT2D eigenvalue weighted by Crippen LogP contribution is 2.08. The van der Waals surface area contributed by atoms with Crippen LogP contribution >= 0.6 is 0 Å². The van der Waals surface area contributed by atoms with E-state index in [-0.39, 0.29) is 5.91 Å². The summed E-state index contributed by atoms with van der Waals surface area (Å²) in [6.45, 7) is 6.05. The van der Waals surface area contributed by atoms with Crippen molar-refractivity contribution in [1.82, 2.24) is 29.3 Å². The van der Waals surface area contributed by atoms with Crippen LogP contribution in [0.4, 0.5) is 5.69 Å². The van der Waals surface area contributed by atoms with Crippen LogP contribution in [0.1, 0.15) is 24.5 Å². The Hall–Kier alpha value is -2.90. The molecule has 0 unspecified atom stereocenters. The normalized spacial score (nSPS) is 10.9. The van der Waals surface area contributed by atoms with Gasteiger partial charge in [0.1, 0.15) is 0 Å². The number of carbonyl (C=O) groups excluding carboxylic acids is 1. The number of nitrogens with zero attached hydrogens (tertiary/aromatic N) is 6. The molecule has 3 aromatic heterocycles. The molecule has 8 nitrogen and oxygen atoms in total. The number of carbonyl (C=O) groups is 1. The van der Waals surface area contributed by atoms with Crippen molar-refractivity contribution in [1.29, 1.82) is 0 Å². The SMILES string of the molecule is CCn1cc(Cn2cc(NC(=O)CCn3cc(C)cn3)cn2)cn1. The Morgan fingerprint density at radius 1 is 1.04 bits per heavy atom. The average molecular weight is 327 g/mol. The van der Waals surface area contributed by atoms with Crippen LogP contribution in [0.15, 0.2) is 37.2 Å². The fourth-order valence-electron chi connectivity index (χ4n) is 2.39. The minimum atomic E-state index is -0.0542. The van der Waals surface area contributed by atoms with Gasteiger partial charge >= 0.3 is 0 Å². The third-order valence-corrected chi connectivity index (χ3v) is 3.60. The van der Waals surface area contributed by atoms with E-state index in [2.05, 4.69) is 20.6 Å². The van der Waals surface area contributed by atoms with E-state index in [1.807, 2.05) is 43.3 Å². The maximum atomic E-state index is 12.0. The van der Waals surface area contributed by atoms with Gasteiger partial charge < -0.3 is 5.32 Å². The third kappa shape index (κ3) is 4.09. The molecule has 0 aliphatic heterocycles. The van der Waals surface area contributed by atoms with Gasteiger partial charge in [-0.2, -0.15) is 15.3 Å². The van der Waals surface area contributed by atoms with Gasteiger partial charge in [0.15, 0.2) is 0 Å². The highest BCUT2D eigenvalue weighted by molar-refractivity contribution is 5.90. The number of aryl methyl sites for hydroxylation is 3. The van der Waals surface area contributed by atoms with Crippen molar-refractivity contribution in [2.75, 3.05) is 5.32 Å². The smallest absolute Gasteiger partial charge is 0.226 e. The van der Waals surface area contributed by atoms with Crippen LogP contribution < -0.4 is 5.32 Å². The van der Waals surface area contributed by atoms with E-state index in [1.54, 1.807) is 21.8 Å². The zero-order chi connectivity index (χ0) is 16.9. The Morgan fingerprint density at radius 2 is 1.83 bits per heavy atom. The summed E-state index contributed by atoms with van der Waals surface area (Å²) in [7, 11) is 0. The highest BCUT2D eigenvalue weighted by atomic mass is 16.1. The van der Waals surface area contributed by atoms with Gasteiger partial charge in [-0.25, -0.2) is 0 Å². The maximum Gasteiger partial charge on any atom is 0.226 e. The van der Waals surface area contributed by atoms with Crippen LogP contribution in [0.3, 0.4) is 0 Å². The molecule has 0 bridgehead atoms. The fraction of sp³-hybridized carbons (Fsp3) is 0.375. The molecule has 8 heteroatoms. The van der Waals surface area contributed by atoms with Crippen molar-refractivity contribution in [2.24, 2.45) is 0 Å². The van der Waals surface area contributed by atoms with Crippen LogP contribution in [0, 0.1) is 6.92 Å². The zero-order valence-electron chi connectivity index (χ0n) is 13.9. The quantitative estimate of drug-likeness (QED) is 0.716. The topological polar surface area (TPSA) is 82.6 Å². The van der Waals surface area contributed by atoms with Gasteiger partial charge in [0.05, 0.1) is 30.8 Å². The summed E-state index contributed by atoms with van der Waals surface area (Å²) in [6, 6.07) is 0. The largest absolute Gasteiger partial charge is 0.323 e. The molecule has 3 aromatic rings. The first-order valence-electron chi connectivity index (χ1n) is 7.95. The maximum absolute atomic E-state index is 12.0. The lowest BCUT2D eigenvalue weighted by Gasteiger charge is -2.03.